The number of likely N-dealkylation sites (N-methyl/N-ethyl adjacent to an activating group) is 1. The standard InChI is InChI=1S/C19H20ClN3O2/c1-13-4-7-18(25-3)15(8-13)11-23(2)12-19(24)22-17-9-16(20)6-5-14(17)10-21/h4-9H,11-12H2,1-3H3,(H,22,24). The molecule has 5 nitrogen and oxygen atoms in total. The van der Waals surface area contributed by atoms with Crippen LogP contribution in [-0.4, -0.2) is 31.5 Å². The first-order chi connectivity index (χ1) is 11.9. The van der Waals surface area contributed by atoms with Crippen molar-refractivity contribution in [2.75, 3.05) is 26.0 Å². The smallest absolute Gasteiger partial charge is 0.238 e. The number of aryl methyl sites for hydroxylation is 1. The fourth-order valence-electron chi connectivity index (χ4n) is 2.53. The van der Waals surface area contributed by atoms with E-state index < -0.39 is 0 Å². The molecule has 25 heavy (non-hydrogen) atoms. The Balaban J connectivity index is 2.03. The van der Waals surface area contributed by atoms with Crippen LogP contribution in [0.4, 0.5) is 5.69 Å². The summed E-state index contributed by atoms with van der Waals surface area (Å²) in [5.74, 6) is 0.576. The van der Waals surface area contributed by atoms with Crippen LogP contribution in [0.2, 0.25) is 5.02 Å². The Kier molecular flexibility index (Phi) is 6.40. The summed E-state index contributed by atoms with van der Waals surface area (Å²) in [6.45, 7) is 2.76. The zero-order chi connectivity index (χ0) is 18.4. The number of methoxy groups -OCH3 is 1. The van der Waals surface area contributed by atoms with Crippen molar-refractivity contribution >= 4 is 23.2 Å². The van der Waals surface area contributed by atoms with E-state index >= 15 is 0 Å². The Morgan fingerprint density at radius 3 is 2.76 bits per heavy atom. The van der Waals surface area contributed by atoms with Crippen LogP contribution in [0.5, 0.6) is 5.75 Å². The molecule has 0 bridgehead atoms. The average molecular weight is 358 g/mol. The molecule has 0 spiro atoms. The second-order valence-corrected chi connectivity index (χ2v) is 6.27. The molecule has 1 amide bonds. The molecule has 0 aliphatic carbocycles. The second kappa shape index (κ2) is 8.52. The minimum atomic E-state index is -0.215. The van der Waals surface area contributed by atoms with Gasteiger partial charge in [0, 0.05) is 17.1 Å². The van der Waals surface area contributed by atoms with E-state index in [1.165, 1.54) is 0 Å². The van der Waals surface area contributed by atoms with Crippen molar-refractivity contribution in [3.63, 3.8) is 0 Å². The maximum absolute atomic E-state index is 12.3. The quantitative estimate of drug-likeness (QED) is 0.857. The molecule has 0 aliphatic heterocycles. The fourth-order valence-corrected chi connectivity index (χ4v) is 2.70. The number of carbonyl (C=O) groups is 1. The van der Waals surface area contributed by atoms with E-state index in [-0.39, 0.29) is 12.5 Å². The van der Waals surface area contributed by atoms with Gasteiger partial charge in [0.2, 0.25) is 5.91 Å². The number of halogens is 1. The molecule has 1 N–H and O–H groups in total. The van der Waals surface area contributed by atoms with Gasteiger partial charge < -0.3 is 10.1 Å². The predicted octanol–water partition coefficient (Wildman–Crippen LogP) is 3.60. The number of anilines is 1. The molecule has 0 unspecified atom stereocenters. The molecule has 2 aromatic rings. The maximum Gasteiger partial charge on any atom is 0.238 e. The summed E-state index contributed by atoms with van der Waals surface area (Å²) in [5.41, 5.74) is 2.94. The molecule has 6 heteroatoms. The van der Waals surface area contributed by atoms with E-state index in [0.717, 1.165) is 16.9 Å². The number of amides is 1. The van der Waals surface area contributed by atoms with E-state index in [1.54, 1.807) is 25.3 Å². The van der Waals surface area contributed by atoms with E-state index in [1.807, 2.05) is 43.1 Å². The third kappa shape index (κ3) is 5.21. The lowest BCUT2D eigenvalue weighted by molar-refractivity contribution is -0.117. The Morgan fingerprint density at radius 2 is 2.08 bits per heavy atom. The van der Waals surface area contributed by atoms with Crippen LogP contribution >= 0.6 is 11.6 Å². The summed E-state index contributed by atoms with van der Waals surface area (Å²) in [5, 5.41) is 12.3. The van der Waals surface area contributed by atoms with Crippen LogP contribution in [0.1, 0.15) is 16.7 Å². The number of carbonyl (C=O) groups excluding carboxylic acids is 1. The highest BCUT2D eigenvalue weighted by molar-refractivity contribution is 6.31. The van der Waals surface area contributed by atoms with Gasteiger partial charge >= 0.3 is 0 Å². The van der Waals surface area contributed by atoms with Gasteiger partial charge in [-0.3, -0.25) is 9.69 Å². The Bertz CT molecular complexity index is 815. The molecular formula is C19H20ClN3O2. The third-order valence-electron chi connectivity index (χ3n) is 3.67. The van der Waals surface area contributed by atoms with E-state index in [0.29, 0.717) is 22.8 Å². The summed E-state index contributed by atoms with van der Waals surface area (Å²) in [6, 6.07) is 12.8. The van der Waals surface area contributed by atoms with Crippen molar-refractivity contribution in [2.45, 2.75) is 13.5 Å². The molecular weight excluding hydrogens is 338 g/mol. The van der Waals surface area contributed by atoms with Crippen molar-refractivity contribution in [1.82, 2.24) is 4.90 Å². The van der Waals surface area contributed by atoms with Crippen molar-refractivity contribution < 1.29 is 9.53 Å². The fraction of sp³-hybridized carbons (Fsp3) is 0.263. The van der Waals surface area contributed by atoms with Crippen molar-refractivity contribution in [3.8, 4) is 11.8 Å². The minimum Gasteiger partial charge on any atom is -0.496 e. The first-order valence-corrected chi connectivity index (χ1v) is 8.12. The van der Waals surface area contributed by atoms with Gasteiger partial charge in [0.15, 0.2) is 0 Å². The molecule has 0 atom stereocenters. The highest BCUT2D eigenvalue weighted by Gasteiger charge is 2.12. The molecule has 0 aliphatic rings. The molecule has 2 aromatic carbocycles. The van der Waals surface area contributed by atoms with Gasteiger partial charge in [-0.15, -0.1) is 0 Å². The molecule has 0 saturated heterocycles. The van der Waals surface area contributed by atoms with E-state index in [9.17, 15) is 4.79 Å². The summed E-state index contributed by atoms with van der Waals surface area (Å²) in [6.07, 6.45) is 0. The lowest BCUT2D eigenvalue weighted by Crippen LogP contribution is -2.30. The zero-order valence-electron chi connectivity index (χ0n) is 14.5. The number of nitrogens with zero attached hydrogens (tertiary/aromatic N) is 2. The SMILES string of the molecule is COc1ccc(C)cc1CN(C)CC(=O)Nc1cc(Cl)ccc1C#N. The first kappa shape index (κ1) is 18.8. The minimum absolute atomic E-state index is 0.175. The van der Waals surface area contributed by atoms with Crippen LogP contribution in [0, 0.1) is 18.3 Å². The molecule has 0 radical (unpaired) electrons. The van der Waals surface area contributed by atoms with Gasteiger partial charge in [0.05, 0.1) is 24.9 Å². The van der Waals surface area contributed by atoms with Crippen LogP contribution in [-0.2, 0) is 11.3 Å². The number of nitrogens with one attached hydrogen (secondary N) is 1. The number of hydrogen-bond acceptors (Lipinski definition) is 4. The highest BCUT2D eigenvalue weighted by Crippen LogP contribution is 2.22. The number of nitriles is 1. The maximum atomic E-state index is 12.3. The van der Waals surface area contributed by atoms with E-state index in [4.69, 9.17) is 21.6 Å². The van der Waals surface area contributed by atoms with Gasteiger partial charge in [0.25, 0.3) is 0 Å². The number of rotatable bonds is 6. The van der Waals surface area contributed by atoms with Crippen molar-refractivity contribution in [1.29, 1.82) is 5.26 Å². The Morgan fingerprint density at radius 1 is 1.32 bits per heavy atom. The summed E-state index contributed by atoms with van der Waals surface area (Å²) < 4.78 is 5.37. The number of hydrogen-bond donors (Lipinski definition) is 1. The monoisotopic (exact) mass is 357 g/mol. The summed E-state index contributed by atoms with van der Waals surface area (Å²) >= 11 is 5.93. The molecule has 0 saturated carbocycles. The van der Waals surface area contributed by atoms with Crippen LogP contribution < -0.4 is 10.1 Å². The van der Waals surface area contributed by atoms with Gasteiger partial charge in [-0.1, -0.05) is 29.3 Å². The number of ether oxygens (including phenoxy) is 1. The normalized spacial score (nSPS) is 10.4. The third-order valence-corrected chi connectivity index (χ3v) is 3.90. The molecule has 0 heterocycles. The molecule has 0 aromatic heterocycles. The van der Waals surface area contributed by atoms with Gasteiger partial charge in [-0.2, -0.15) is 5.26 Å². The lowest BCUT2D eigenvalue weighted by atomic mass is 10.1. The average Bonchev–Trinajstić information content (AvgIpc) is 2.55. The van der Waals surface area contributed by atoms with Gasteiger partial charge in [0.1, 0.15) is 11.8 Å². The largest absolute Gasteiger partial charge is 0.496 e. The van der Waals surface area contributed by atoms with Crippen LogP contribution in [0.15, 0.2) is 36.4 Å². The van der Waals surface area contributed by atoms with E-state index in [2.05, 4.69) is 5.32 Å². The Hall–Kier alpha value is -2.55. The van der Waals surface area contributed by atoms with Crippen molar-refractivity contribution in [3.05, 3.63) is 58.1 Å². The molecule has 0 fully saturated rings. The first-order valence-electron chi connectivity index (χ1n) is 7.74. The van der Waals surface area contributed by atoms with Crippen LogP contribution in [0.3, 0.4) is 0 Å². The second-order valence-electron chi connectivity index (χ2n) is 5.84. The molecule has 130 valence electrons. The lowest BCUT2D eigenvalue weighted by Gasteiger charge is -2.18. The summed E-state index contributed by atoms with van der Waals surface area (Å²) in [4.78, 5) is 14.2. The predicted molar refractivity (Wildman–Crippen MR) is 98.9 cm³/mol. The van der Waals surface area contributed by atoms with Crippen molar-refractivity contribution in [2.24, 2.45) is 0 Å². The van der Waals surface area contributed by atoms with Crippen LogP contribution in [0.25, 0.3) is 0 Å². The zero-order valence-corrected chi connectivity index (χ0v) is 15.2. The topological polar surface area (TPSA) is 65.4 Å². The van der Waals surface area contributed by atoms with Gasteiger partial charge in [-0.25, -0.2) is 0 Å². The van der Waals surface area contributed by atoms with Gasteiger partial charge in [-0.05, 0) is 38.2 Å². The molecule has 2 rings (SSSR count). The highest BCUT2D eigenvalue weighted by atomic mass is 35.5. The Labute approximate surface area is 152 Å². The number of benzene rings is 2. The summed E-state index contributed by atoms with van der Waals surface area (Å²) in [7, 11) is 3.48.